The summed E-state index contributed by atoms with van der Waals surface area (Å²) in [4.78, 5) is 13.6. The van der Waals surface area contributed by atoms with Gasteiger partial charge in [0.1, 0.15) is 5.71 Å². The second kappa shape index (κ2) is 6.92. The van der Waals surface area contributed by atoms with Crippen LogP contribution < -0.4 is 10.9 Å². The van der Waals surface area contributed by atoms with Gasteiger partial charge in [0.05, 0.1) is 5.92 Å². The van der Waals surface area contributed by atoms with Crippen LogP contribution >= 0.6 is 0 Å². The van der Waals surface area contributed by atoms with Gasteiger partial charge < -0.3 is 10.9 Å². The van der Waals surface area contributed by atoms with Crippen molar-refractivity contribution in [3.05, 3.63) is 113 Å². The number of hydrazone groups is 1. The van der Waals surface area contributed by atoms with Crippen LogP contribution in [0.1, 0.15) is 28.2 Å². The number of benzene rings is 3. The Kier molecular flexibility index (Phi) is 4.30. The molecule has 1 aliphatic rings. The first-order valence-electron chi connectivity index (χ1n) is 8.65. The summed E-state index contributed by atoms with van der Waals surface area (Å²) >= 11 is 0. The van der Waals surface area contributed by atoms with Gasteiger partial charge in [-0.05, 0) is 16.7 Å². The minimum absolute atomic E-state index is 0.0522. The van der Waals surface area contributed by atoms with Crippen LogP contribution in [0, 0.1) is 0 Å². The first-order valence-corrected chi connectivity index (χ1v) is 8.65. The molecule has 3 aromatic carbocycles. The van der Waals surface area contributed by atoms with Crippen molar-refractivity contribution in [3.8, 4) is 0 Å². The van der Waals surface area contributed by atoms with E-state index in [0.717, 1.165) is 11.1 Å². The predicted octanol–water partition coefficient (Wildman–Crippen LogP) is 2.84. The van der Waals surface area contributed by atoms with Gasteiger partial charge in [0.15, 0.2) is 5.78 Å². The monoisotopic (exact) mass is 353 g/mol. The number of hydrogen-bond acceptors (Lipinski definition) is 4. The molecule has 0 amide bonds. The molecule has 0 heterocycles. The molecule has 0 bridgehead atoms. The molecule has 0 atom stereocenters. The normalized spacial score (nSPS) is 14.6. The molecular formula is C23H17N2O2-. The molecule has 27 heavy (non-hydrogen) atoms. The number of ketones is 1. The van der Waals surface area contributed by atoms with Crippen LogP contribution in [0.3, 0.4) is 0 Å². The van der Waals surface area contributed by atoms with Gasteiger partial charge in [-0.3, -0.25) is 4.79 Å². The van der Waals surface area contributed by atoms with Crippen LogP contribution in [0.4, 0.5) is 0 Å². The summed E-state index contributed by atoms with van der Waals surface area (Å²) in [5.41, 5.74) is 3.02. The Morgan fingerprint density at radius 3 is 1.78 bits per heavy atom. The molecule has 4 heteroatoms. The first-order chi connectivity index (χ1) is 13.2. The average molecular weight is 353 g/mol. The summed E-state index contributed by atoms with van der Waals surface area (Å²) in [5.74, 6) is 4.36. The van der Waals surface area contributed by atoms with E-state index in [0.29, 0.717) is 11.1 Å². The smallest absolute Gasteiger partial charge is 0.176 e. The van der Waals surface area contributed by atoms with Crippen molar-refractivity contribution in [3.63, 3.8) is 0 Å². The maximum absolute atomic E-state index is 13.6. The Labute approximate surface area is 157 Å². The standard InChI is InChI=1S/C23H18N2O2/c24-25-21-17-13-7-8-14-18(17)22(26)20(21)23(27)19(15-9-3-1-4-10-15)16-11-5-2-6-12-16/h1-14,19,26H,24H2/p-1/b25-21+. The second-order valence-electron chi connectivity index (χ2n) is 6.35. The lowest BCUT2D eigenvalue weighted by Crippen LogP contribution is -2.23. The van der Waals surface area contributed by atoms with Crippen molar-refractivity contribution in [2.45, 2.75) is 5.92 Å². The van der Waals surface area contributed by atoms with Crippen molar-refractivity contribution in [2.75, 3.05) is 0 Å². The lowest BCUT2D eigenvalue weighted by atomic mass is 9.83. The summed E-state index contributed by atoms with van der Waals surface area (Å²) in [6.45, 7) is 0. The van der Waals surface area contributed by atoms with E-state index in [4.69, 9.17) is 5.84 Å². The van der Waals surface area contributed by atoms with Crippen molar-refractivity contribution in [1.82, 2.24) is 0 Å². The Morgan fingerprint density at radius 2 is 1.26 bits per heavy atom. The van der Waals surface area contributed by atoms with Gasteiger partial charge in [-0.2, -0.15) is 5.10 Å². The summed E-state index contributed by atoms with van der Waals surface area (Å²) in [7, 11) is 0. The topological polar surface area (TPSA) is 78.5 Å². The highest BCUT2D eigenvalue weighted by atomic mass is 16.3. The van der Waals surface area contributed by atoms with E-state index in [2.05, 4.69) is 5.10 Å². The zero-order valence-corrected chi connectivity index (χ0v) is 14.5. The quantitative estimate of drug-likeness (QED) is 0.579. The van der Waals surface area contributed by atoms with Crippen LogP contribution in [-0.2, 0) is 4.79 Å². The Balaban J connectivity index is 1.87. The Bertz CT molecular complexity index is 1010. The maximum atomic E-state index is 13.6. The van der Waals surface area contributed by atoms with E-state index in [1.807, 2.05) is 60.7 Å². The minimum Gasteiger partial charge on any atom is -0.871 e. The largest absolute Gasteiger partial charge is 0.871 e. The Hall–Kier alpha value is -3.66. The highest BCUT2D eigenvalue weighted by molar-refractivity contribution is 6.37. The van der Waals surface area contributed by atoms with Gasteiger partial charge in [0.25, 0.3) is 0 Å². The van der Waals surface area contributed by atoms with Crippen LogP contribution in [0.15, 0.2) is 95.6 Å². The molecule has 0 aromatic heterocycles. The summed E-state index contributed by atoms with van der Waals surface area (Å²) in [6.07, 6.45) is 0. The molecule has 0 aliphatic heterocycles. The molecule has 3 aromatic rings. The number of carbonyl (C=O) groups excluding carboxylic acids is 1. The third-order valence-corrected chi connectivity index (χ3v) is 4.79. The van der Waals surface area contributed by atoms with Gasteiger partial charge in [-0.25, -0.2) is 0 Å². The van der Waals surface area contributed by atoms with E-state index < -0.39 is 5.92 Å². The third kappa shape index (κ3) is 2.81. The molecule has 4 rings (SSSR count). The van der Waals surface area contributed by atoms with Crippen LogP contribution in [0.2, 0.25) is 0 Å². The maximum Gasteiger partial charge on any atom is 0.176 e. The van der Waals surface area contributed by atoms with Crippen molar-refractivity contribution in [1.29, 1.82) is 0 Å². The van der Waals surface area contributed by atoms with Gasteiger partial charge in [0.2, 0.25) is 0 Å². The molecule has 2 N–H and O–H groups in total. The molecule has 0 saturated carbocycles. The SMILES string of the molecule is N/N=C1/C(C(=O)C(c2ccccc2)c2ccccc2)=C([O-])c2ccccc21. The number of fused-ring (bicyclic) bond motifs is 1. The van der Waals surface area contributed by atoms with Gasteiger partial charge in [-0.15, -0.1) is 0 Å². The summed E-state index contributed by atoms with van der Waals surface area (Å²) in [5, 5.41) is 16.8. The zero-order chi connectivity index (χ0) is 18.8. The minimum atomic E-state index is -0.600. The summed E-state index contributed by atoms with van der Waals surface area (Å²) < 4.78 is 0. The molecule has 0 radical (unpaired) electrons. The zero-order valence-electron chi connectivity index (χ0n) is 14.5. The van der Waals surface area contributed by atoms with Crippen molar-refractivity contribution in [2.24, 2.45) is 10.9 Å². The molecule has 0 spiro atoms. The number of Topliss-reactive ketones (excluding diaryl/α,β-unsaturated/α-hetero) is 1. The van der Waals surface area contributed by atoms with Gasteiger partial charge in [0, 0.05) is 11.1 Å². The number of hydrogen-bond donors (Lipinski definition) is 1. The van der Waals surface area contributed by atoms with Crippen LogP contribution in [0.5, 0.6) is 0 Å². The fraction of sp³-hybridized carbons (Fsp3) is 0.0435. The van der Waals surface area contributed by atoms with E-state index in [1.54, 1.807) is 24.3 Å². The lowest BCUT2D eigenvalue weighted by Gasteiger charge is -2.20. The number of nitrogens with two attached hydrogens (primary N) is 1. The highest BCUT2D eigenvalue weighted by Gasteiger charge is 2.33. The number of rotatable bonds is 4. The fourth-order valence-electron chi connectivity index (χ4n) is 3.56. The lowest BCUT2D eigenvalue weighted by molar-refractivity contribution is -0.244. The predicted molar refractivity (Wildman–Crippen MR) is 104 cm³/mol. The van der Waals surface area contributed by atoms with Gasteiger partial charge >= 0.3 is 0 Å². The molecule has 1 aliphatic carbocycles. The number of carbonyl (C=O) groups is 1. The molecule has 4 nitrogen and oxygen atoms in total. The molecule has 132 valence electrons. The van der Waals surface area contributed by atoms with Gasteiger partial charge in [-0.1, -0.05) is 90.7 Å². The van der Waals surface area contributed by atoms with E-state index in [1.165, 1.54) is 0 Å². The van der Waals surface area contributed by atoms with E-state index in [-0.39, 0.29) is 22.8 Å². The highest BCUT2D eigenvalue weighted by Crippen LogP contribution is 2.36. The van der Waals surface area contributed by atoms with Crippen molar-refractivity contribution >= 4 is 17.3 Å². The summed E-state index contributed by atoms with van der Waals surface area (Å²) in [6, 6.07) is 25.9. The first kappa shape index (κ1) is 16.8. The molecular weight excluding hydrogens is 336 g/mol. The molecule has 0 saturated heterocycles. The van der Waals surface area contributed by atoms with Crippen molar-refractivity contribution < 1.29 is 9.90 Å². The van der Waals surface area contributed by atoms with Crippen LogP contribution in [-0.4, -0.2) is 11.5 Å². The average Bonchev–Trinajstić information content (AvgIpc) is 3.02. The van der Waals surface area contributed by atoms with Crippen LogP contribution in [0.25, 0.3) is 5.76 Å². The molecule has 0 unspecified atom stereocenters. The Morgan fingerprint density at radius 1 is 0.778 bits per heavy atom. The number of allylic oxidation sites excluding steroid dienone is 1. The van der Waals surface area contributed by atoms with E-state index >= 15 is 0 Å². The number of nitrogens with zero attached hydrogens (tertiary/aromatic N) is 1. The molecule has 0 fully saturated rings. The third-order valence-electron chi connectivity index (χ3n) is 4.79. The second-order valence-corrected chi connectivity index (χ2v) is 6.35. The van der Waals surface area contributed by atoms with E-state index in [9.17, 15) is 9.90 Å². The fourth-order valence-corrected chi connectivity index (χ4v) is 3.56.